The second-order valence-corrected chi connectivity index (χ2v) is 8.07. The largest absolute Gasteiger partial charge is 0.274 e. The molecule has 1 heterocycles. The van der Waals surface area contributed by atoms with Crippen LogP contribution in [0.4, 0.5) is 4.39 Å². The predicted molar refractivity (Wildman–Crippen MR) is 126 cm³/mol. The topological polar surface area (TPSA) is 50.7 Å². The Morgan fingerprint density at radius 3 is 2.45 bits per heavy atom. The van der Waals surface area contributed by atoms with Crippen molar-refractivity contribution in [3.05, 3.63) is 88.7 Å². The molecule has 0 fully saturated rings. The molecule has 0 saturated heterocycles. The van der Waals surface area contributed by atoms with E-state index in [1.165, 1.54) is 11.0 Å². The Morgan fingerprint density at radius 2 is 1.84 bits per heavy atom. The van der Waals surface area contributed by atoms with Gasteiger partial charge in [-0.2, -0.15) is 0 Å². The zero-order valence-corrected chi connectivity index (χ0v) is 19.3. The average molecular weight is 441 g/mol. The van der Waals surface area contributed by atoms with Crippen molar-refractivity contribution in [2.24, 2.45) is 10.9 Å². The standard InChI is InChI=1S/C18H16FNS.C7H13NO2/c1-3-16-12(2)21-17-11-7-5-9-14(17)18(20-16)13-8-4-6-10-15(13)19;1-4-6(3)7(9)8-10-5-2/h4-11H,3H2,1-2H3;4,6H,1,5H2,2-3H3,(H,8,9). The lowest BCUT2D eigenvalue weighted by Crippen LogP contribution is -2.28. The average Bonchev–Trinajstić information content (AvgIpc) is 2.93. The first-order valence-electron chi connectivity index (χ1n) is 10.3. The van der Waals surface area contributed by atoms with Gasteiger partial charge in [-0.3, -0.25) is 14.6 Å². The fraction of sp³-hybridized carbons (Fsp3) is 0.280. The molecule has 1 atom stereocenters. The van der Waals surface area contributed by atoms with Crippen LogP contribution in [0.5, 0.6) is 0 Å². The first kappa shape index (κ1) is 24.6. The van der Waals surface area contributed by atoms with Crippen LogP contribution in [0.15, 0.2) is 81.7 Å². The summed E-state index contributed by atoms with van der Waals surface area (Å²) in [7, 11) is 0. The molecule has 1 unspecified atom stereocenters. The van der Waals surface area contributed by atoms with Gasteiger partial charge in [-0.15, -0.1) is 6.58 Å². The maximum absolute atomic E-state index is 14.2. The monoisotopic (exact) mass is 440 g/mol. The minimum absolute atomic E-state index is 0.156. The van der Waals surface area contributed by atoms with Crippen LogP contribution >= 0.6 is 11.8 Å². The summed E-state index contributed by atoms with van der Waals surface area (Å²) in [6.07, 6.45) is 2.40. The van der Waals surface area contributed by atoms with Crippen LogP contribution in [0.3, 0.4) is 0 Å². The molecular weight excluding hydrogens is 411 g/mol. The first-order valence-corrected chi connectivity index (χ1v) is 11.1. The van der Waals surface area contributed by atoms with Crippen molar-refractivity contribution < 1.29 is 14.0 Å². The van der Waals surface area contributed by atoms with E-state index in [9.17, 15) is 9.18 Å². The van der Waals surface area contributed by atoms with Crippen molar-refractivity contribution in [1.82, 2.24) is 5.48 Å². The summed E-state index contributed by atoms with van der Waals surface area (Å²) < 4.78 is 14.2. The second kappa shape index (κ2) is 12.2. The van der Waals surface area contributed by atoms with Crippen LogP contribution in [-0.4, -0.2) is 18.2 Å². The third-order valence-corrected chi connectivity index (χ3v) is 5.72. The molecule has 2 aromatic rings. The number of thioether (sulfide) groups is 1. The zero-order chi connectivity index (χ0) is 22.8. The number of carbonyl (C=O) groups excluding carboxylic acids is 1. The highest BCUT2D eigenvalue weighted by atomic mass is 32.2. The van der Waals surface area contributed by atoms with Crippen LogP contribution in [-0.2, 0) is 9.63 Å². The van der Waals surface area contributed by atoms with E-state index >= 15 is 0 Å². The Kier molecular flexibility index (Phi) is 9.69. The van der Waals surface area contributed by atoms with E-state index in [0.717, 1.165) is 28.3 Å². The van der Waals surface area contributed by atoms with Crippen molar-refractivity contribution in [3.8, 4) is 0 Å². The highest BCUT2D eigenvalue weighted by Crippen LogP contribution is 2.37. The molecule has 6 heteroatoms. The van der Waals surface area contributed by atoms with Crippen LogP contribution in [0.2, 0.25) is 0 Å². The van der Waals surface area contributed by atoms with Gasteiger partial charge in [0.05, 0.1) is 23.9 Å². The number of allylic oxidation sites excluding steroid dienone is 2. The van der Waals surface area contributed by atoms with Crippen molar-refractivity contribution >= 4 is 23.4 Å². The Morgan fingerprint density at radius 1 is 1.19 bits per heavy atom. The van der Waals surface area contributed by atoms with Gasteiger partial charge in [0.15, 0.2) is 0 Å². The summed E-state index contributed by atoms with van der Waals surface area (Å²) in [6, 6.07) is 14.9. The third-order valence-electron chi connectivity index (χ3n) is 4.61. The third kappa shape index (κ3) is 6.64. The minimum atomic E-state index is -0.231. The van der Waals surface area contributed by atoms with E-state index in [0.29, 0.717) is 12.2 Å². The number of rotatable bonds is 6. The lowest BCUT2D eigenvalue weighted by atomic mass is 10.0. The van der Waals surface area contributed by atoms with Crippen molar-refractivity contribution in [1.29, 1.82) is 0 Å². The molecule has 3 rings (SSSR count). The number of benzene rings is 2. The Labute approximate surface area is 188 Å². The van der Waals surface area contributed by atoms with Gasteiger partial charge in [0, 0.05) is 20.9 Å². The Bertz CT molecular complexity index is 985. The van der Waals surface area contributed by atoms with Gasteiger partial charge in [-0.1, -0.05) is 62.0 Å². The summed E-state index contributed by atoms with van der Waals surface area (Å²) >= 11 is 1.71. The smallest absolute Gasteiger partial charge is 0.250 e. The number of halogens is 1. The highest BCUT2D eigenvalue weighted by Gasteiger charge is 2.19. The molecule has 0 aliphatic carbocycles. The number of nitrogens with one attached hydrogen (secondary N) is 1. The van der Waals surface area contributed by atoms with Gasteiger partial charge in [-0.25, -0.2) is 9.87 Å². The van der Waals surface area contributed by atoms with Gasteiger partial charge in [-0.05, 0) is 38.5 Å². The van der Waals surface area contributed by atoms with Crippen LogP contribution < -0.4 is 5.48 Å². The molecule has 0 saturated carbocycles. The molecule has 0 aromatic heterocycles. The molecule has 1 aliphatic heterocycles. The number of nitrogens with zero attached hydrogens (tertiary/aromatic N) is 1. The van der Waals surface area contributed by atoms with Gasteiger partial charge in [0.1, 0.15) is 5.82 Å². The van der Waals surface area contributed by atoms with Gasteiger partial charge in [0.25, 0.3) is 0 Å². The molecule has 31 heavy (non-hydrogen) atoms. The van der Waals surface area contributed by atoms with E-state index in [1.807, 2.05) is 24.3 Å². The van der Waals surface area contributed by atoms with Gasteiger partial charge < -0.3 is 0 Å². The van der Waals surface area contributed by atoms with Crippen LogP contribution in [0, 0.1) is 11.7 Å². The summed E-state index contributed by atoms with van der Waals surface area (Å²) in [5.41, 5.74) is 5.58. The maximum atomic E-state index is 14.2. The molecule has 1 amide bonds. The molecule has 1 aliphatic rings. The van der Waals surface area contributed by atoms with Gasteiger partial charge in [0.2, 0.25) is 5.91 Å². The maximum Gasteiger partial charge on any atom is 0.250 e. The number of hydrogen-bond acceptors (Lipinski definition) is 4. The van der Waals surface area contributed by atoms with E-state index in [1.54, 1.807) is 43.8 Å². The van der Waals surface area contributed by atoms with E-state index < -0.39 is 0 Å². The van der Waals surface area contributed by atoms with E-state index in [4.69, 9.17) is 4.99 Å². The van der Waals surface area contributed by atoms with Gasteiger partial charge >= 0.3 is 0 Å². The second-order valence-electron chi connectivity index (χ2n) is 6.82. The molecular formula is C25H29FN2O2S. The molecule has 2 aromatic carbocycles. The fourth-order valence-electron chi connectivity index (χ4n) is 2.78. The number of hydrogen-bond donors (Lipinski definition) is 1. The minimum Gasteiger partial charge on any atom is -0.274 e. The molecule has 0 radical (unpaired) electrons. The van der Waals surface area contributed by atoms with Crippen molar-refractivity contribution in [3.63, 3.8) is 0 Å². The molecule has 164 valence electrons. The number of hydroxylamine groups is 1. The van der Waals surface area contributed by atoms with E-state index in [2.05, 4.69) is 36.8 Å². The van der Waals surface area contributed by atoms with E-state index in [-0.39, 0.29) is 17.6 Å². The van der Waals surface area contributed by atoms with Crippen molar-refractivity contribution in [2.45, 2.75) is 39.0 Å². The summed E-state index contributed by atoms with van der Waals surface area (Å²) in [4.78, 5) is 22.6. The normalized spacial score (nSPS) is 13.8. The summed E-state index contributed by atoms with van der Waals surface area (Å²) in [5.74, 6) is -0.575. The fourth-order valence-corrected chi connectivity index (χ4v) is 3.84. The quantitative estimate of drug-likeness (QED) is 0.424. The molecule has 0 bridgehead atoms. The van der Waals surface area contributed by atoms with Crippen LogP contribution in [0.25, 0.3) is 0 Å². The number of fused-ring (bicyclic) bond motifs is 1. The predicted octanol–water partition coefficient (Wildman–Crippen LogP) is 6.29. The zero-order valence-electron chi connectivity index (χ0n) is 18.4. The first-order chi connectivity index (χ1) is 14.9. The lowest BCUT2D eigenvalue weighted by molar-refractivity contribution is -0.135. The number of amides is 1. The van der Waals surface area contributed by atoms with Crippen molar-refractivity contribution in [2.75, 3.05) is 6.61 Å². The number of aliphatic imine (C=N–C) groups is 1. The molecule has 4 nitrogen and oxygen atoms in total. The molecule has 0 spiro atoms. The van der Waals surface area contributed by atoms with Crippen LogP contribution in [0.1, 0.15) is 45.2 Å². The molecule has 1 N–H and O–H groups in total. The number of carbonyl (C=O) groups is 1. The Balaban J connectivity index is 0.000000291. The lowest BCUT2D eigenvalue weighted by Gasteiger charge is -2.10. The highest BCUT2D eigenvalue weighted by molar-refractivity contribution is 8.03. The SMILES string of the molecule is C=CC(C)C(=O)NOCC.CCC1=C(C)Sc2ccccc2C(c2ccccc2F)=N1. The summed E-state index contributed by atoms with van der Waals surface area (Å²) in [5, 5.41) is 0. The summed E-state index contributed by atoms with van der Waals surface area (Å²) in [6.45, 7) is 11.7. The Hall–Kier alpha value is -2.70.